The average molecular weight is 366 g/mol. The van der Waals surface area contributed by atoms with Crippen LogP contribution < -0.4 is 5.32 Å². The molecule has 8 heteroatoms. The molecule has 1 aliphatic heterocycles. The third-order valence-electron chi connectivity index (χ3n) is 3.53. The summed E-state index contributed by atoms with van der Waals surface area (Å²) in [7, 11) is 0. The second-order valence-electron chi connectivity index (χ2n) is 5.62. The number of carbonyl (C=O) groups excluding carboxylic acids is 1. The summed E-state index contributed by atoms with van der Waals surface area (Å²) in [4.78, 5) is 11.4. The van der Waals surface area contributed by atoms with Crippen molar-refractivity contribution in [2.45, 2.75) is 38.3 Å². The highest BCUT2D eigenvalue weighted by atomic mass is 35.5. The second-order valence-corrected chi connectivity index (χ2v) is 6.56. The molecular weight excluding hydrogens is 346 g/mol. The van der Waals surface area contributed by atoms with Gasteiger partial charge < -0.3 is 5.32 Å². The number of benzene rings is 1. The van der Waals surface area contributed by atoms with Crippen LogP contribution in [0.4, 0.5) is 5.69 Å². The van der Waals surface area contributed by atoms with Gasteiger partial charge in [-0.25, -0.2) is 0 Å². The zero-order chi connectivity index (χ0) is 16.4. The Morgan fingerprint density at radius 3 is 2.62 bits per heavy atom. The van der Waals surface area contributed by atoms with E-state index in [0.29, 0.717) is 6.42 Å². The molecule has 1 aromatic heterocycles. The van der Waals surface area contributed by atoms with Gasteiger partial charge in [-0.15, -0.1) is 22.6 Å². The molecule has 2 heterocycles. The Labute approximate surface area is 151 Å². The smallest absolute Gasteiger partial charge is 0.224 e. The minimum atomic E-state index is 0. The minimum absolute atomic E-state index is 0. The number of hydrogen-bond donors (Lipinski definition) is 1. The van der Waals surface area contributed by atoms with Crippen LogP contribution in [0.5, 0.6) is 0 Å². The normalized spacial score (nSPS) is 13.1. The number of rotatable bonds is 4. The van der Waals surface area contributed by atoms with E-state index in [1.165, 1.54) is 0 Å². The molecule has 1 N–H and O–H groups in total. The molecule has 0 atom stereocenters. The molecule has 0 saturated heterocycles. The molecule has 0 bridgehead atoms. The van der Waals surface area contributed by atoms with Crippen molar-refractivity contribution in [2.24, 2.45) is 5.10 Å². The topological polar surface area (TPSA) is 72.2 Å². The molecule has 0 saturated carbocycles. The number of nitrogens with zero attached hydrogens (tertiary/aromatic N) is 4. The maximum absolute atomic E-state index is 11.4. The Balaban J connectivity index is 0.00000208. The first kappa shape index (κ1) is 18.5. The first-order valence-electron chi connectivity index (χ1n) is 7.64. The molecule has 1 amide bonds. The zero-order valence-corrected chi connectivity index (χ0v) is 15.4. The number of fused-ring (bicyclic) bond motifs is 1. The first-order chi connectivity index (χ1) is 11.1. The number of thioether (sulfide) groups is 1. The van der Waals surface area contributed by atoms with Gasteiger partial charge in [-0.3, -0.25) is 4.79 Å². The van der Waals surface area contributed by atoms with E-state index < -0.39 is 0 Å². The molecule has 0 radical (unpaired) electrons. The van der Waals surface area contributed by atoms with Gasteiger partial charge in [0.15, 0.2) is 5.82 Å². The van der Waals surface area contributed by atoms with Gasteiger partial charge in [-0.1, -0.05) is 44.7 Å². The lowest BCUT2D eigenvalue weighted by Crippen LogP contribution is -2.15. The number of amides is 1. The van der Waals surface area contributed by atoms with Crippen LogP contribution in [0.25, 0.3) is 0 Å². The van der Waals surface area contributed by atoms with Gasteiger partial charge in [-0.05, 0) is 17.7 Å². The van der Waals surface area contributed by atoms with Gasteiger partial charge in [-0.2, -0.15) is 9.78 Å². The van der Waals surface area contributed by atoms with Gasteiger partial charge in [0, 0.05) is 23.8 Å². The predicted octanol–water partition coefficient (Wildman–Crippen LogP) is 3.53. The standard InChI is InChI=1S/C16H19N5OS.ClH/c1-4-14(22)17-12-7-5-11(6-8-12)13-9-23-16-19-18-15(10(2)3)21(16)20-13;/h5-8,10H,4,9H2,1-3H3,(H,17,22);1H. The Morgan fingerprint density at radius 2 is 2.00 bits per heavy atom. The molecule has 0 fully saturated rings. The Kier molecular flexibility index (Phi) is 6.01. The van der Waals surface area contributed by atoms with Crippen molar-refractivity contribution in [3.8, 4) is 0 Å². The van der Waals surface area contributed by atoms with Crippen molar-refractivity contribution >= 4 is 41.5 Å². The molecule has 6 nitrogen and oxygen atoms in total. The highest BCUT2D eigenvalue weighted by Crippen LogP contribution is 2.26. The molecule has 24 heavy (non-hydrogen) atoms. The van der Waals surface area contributed by atoms with E-state index in [1.807, 2.05) is 35.9 Å². The van der Waals surface area contributed by atoms with Crippen LogP contribution in [0, 0.1) is 0 Å². The molecule has 1 aromatic carbocycles. The Morgan fingerprint density at radius 1 is 1.29 bits per heavy atom. The summed E-state index contributed by atoms with van der Waals surface area (Å²) in [5, 5.41) is 16.8. The highest BCUT2D eigenvalue weighted by Gasteiger charge is 2.21. The molecule has 2 aromatic rings. The van der Waals surface area contributed by atoms with Gasteiger partial charge >= 0.3 is 0 Å². The van der Waals surface area contributed by atoms with Crippen LogP contribution in [0.2, 0.25) is 0 Å². The number of hydrogen-bond acceptors (Lipinski definition) is 5. The number of nitrogens with one attached hydrogen (secondary N) is 1. The third kappa shape index (κ3) is 3.79. The monoisotopic (exact) mass is 365 g/mol. The fourth-order valence-corrected chi connectivity index (χ4v) is 3.09. The Hall–Kier alpha value is -1.86. The quantitative estimate of drug-likeness (QED) is 0.899. The van der Waals surface area contributed by atoms with E-state index in [0.717, 1.165) is 33.7 Å². The summed E-state index contributed by atoms with van der Waals surface area (Å²) >= 11 is 1.64. The van der Waals surface area contributed by atoms with Crippen molar-refractivity contribution in [1.29, 1.82) is 0 Å². The summed E-state index contributed by atoms with van der Waals surface area (Å²) in [6, 6.07) is 7.77. The van der Waals surface area contributed by atoms with E-state index in [2.05, 4.69) is 29.4 Å². The summed E-state index contributed by atoms with van der Waals surface area (Å²) in [5.74, 6) is 1.92. The summed E-state index contributed by atoms with van der Waals surface area (Å²) in [6.45, 7) is 5.99. The SMILES string of the molecule is CCC(=O)Nc1ccc(C2=Nn3c(nnc3C(C)C)SC2)cc1.Cl. The van der Waals surface area contributed by atoms with Crippen LogP contribution in [0.1, 0.15) is 44.5 Å². The molecule has 128 valence electrons. The van der Waals surface area contributed by atoms with Gasteiger partial charge in [0.2, 0.25) is 11.1 Å². The molecular formula is C16H20ClN5OS. The number of halogens is 1. The molecule has 3 rings (SSSR count). The van der Waals surface area contributed by atoms with Crippen LogP contribution in [-0.2, 0) is 4.79 Å². The third-order valence-corrected chi connectivity index (χ3v) is 4.46. The van der Waals surface area contributed by atoms with Crippen molar-refractivity contribution in [1.82, 2.24) is 14.9 Å². The largest absolute Gasteiger partial charge is 0.326 e. The molecule has 0 spiro atoms. The van der Waals surface area contributed by atoms with Crippen LogP contribution in [0.15, 0.2) is 34.5 Å². The number of carbonyl (C=O) groups is 1. The van der Waals surface area contributed by atoms with Gasteiger partial charge in [0.1, 0.15) is 0 Å². The molecule has 0 unspecified atom stereocenters. The van der Waals surface area contributed by atoms with Crippen molar-refractivity contribution in [3.63, 3.8) is 0 Å². The number of anilines is 1. The molecule has 0 aliphatic carbocycles. The fraction of sp³-hybridized carbons (Fsp3) is 0.375. The second kappa shape index (κ2) is 7.81. The lowest BCUT2D eigenvalue weighted by Gasteiger charge is -2.15. The summed E-state index contributed by atoms with van der Waals surface area (Å²) in [6.07, 6.45) is 0.472. The lowest BCUT2D eigenvalue weighted by atomic mass is 10.1. The fourth-order valence-electron chi connectivity index (χ4n) is 2.24. The Bertz CT molecular complexity index is 754. The highest BCUT2D eigenvalue weighted by molar-refractivity contribution is 7.99. The van der Waals surface area contributed by atoms with E-state index in [4.69, 9.17) is 5.10 Å². The van der Waals surface area contributed by atoms with E-state index in [1.54, 1.807) is 11.8 Å². The van der Waals surface area contributed by atoms with Crippen molar-refractivity contribution in [3.05, 3.63) is 35.7 Å². The summed E-state index contributed by atoms with van der Waals surface area (Å²) in [5.41, 5.74) is 2.83. The van der Waals surface area contributed by atoms with E-state index >= 15 is 0 Å². The van der Waals surface area contributed by atoms with Gasteiger partial charge in [0.25, 0.3) is 0 Å². The van der Waals surface area contributed by atoms with Crippen LogP contribution in [-0.4, -0.2) is 32.2 Å². The lowest BCUT2D eigenvalue weighted by molar-refractivity contribution is -0.115. The predicted molar refractivity (Wildman–Crippen MR) is 99.4 cm³/mol. The average Bonchev–Trinajstić information content (AvgIpc) is 2.98. The summed E-state index contributed by atoms with van der Waals surface area (Å²) < 4.78 is 1.83. The zero-order valence-electron chi connectivity index (χ0n) is 13.8. The number of aromatic nitrogens is 3. The maximum atomic E-state index is 11.4. The maximum Gasteiger partial charge on any atom is 0.224 e. The van der Waals surface area contributed by atoms with Crippen molar-refractivity contribution in [2.75, 3.05) is 11.1 Å². The van der Waals surface area contributed by atoms with Gasteiger partial charge in [0.05, 0.1) is 5.71 Å². The van der Waals surface area contributed by atoms with E-state index in [9.17, 15) is 4.79 Å². The van der Waals surface area contributed by atoms with E-state index in [-0.39, 0.29) is 24.2 Å². The molecule has 1 aliphatic rings. The minimum Gasteiger partial charge on any atom is -0.326 e. The van der Waals surface area contributed by atoms with Crippen molar-refractivity contribution < 1.29 is 4.79 Å². The van der Waals surface area contributed by atoms with Crippen LogP contribution in [0.3, 0.4) is 0 Å². The first-order valence-corrected chi connectivity index (χ1v) is 8.63. The van der Waals surface area contributed by atoms with Crippen LogP contribution >= 0.6 is 24.2 Å².